The van der Waals surface area contributed by atoms with Crippen LogP contribution in [-0.4, -0.2) is 37.6 Å². The fraction of sp³-hybridized carbons (Fsp3) is 0.120. The number of hydrogen-bond donors (Lipinski definition) is 2. The molecule has 33 heavy (non-hydrogen) atoms. The number of ether oxygens (including phenoxy) is 1. The lowest BCUT2D eigenvalue weighted by Gasteiger charge is -2.14. The maximum Gasteiger partial charge on any atom is 0.322 e. The Morgan fingerprint density at radius 3 is 2.52 bits per heavy atom. The van der Waals surface area contributed by atoms with Crippen molar-refractivity contribution < 1.29 is 23.1 Å². The fourth-order valence-electron chi connectivity index (χ4n) is 2.96. The summed E-state index contributed by atoms with van der Waals surface area (Å²) in [7, 11) is -2.66. The van der Waals surface area contributed by atoms with Crippen molar-refractivity contribution in [3.05, 3.63) is 78.1 Å². The Hall–Kier alpha value is -4.11. The smallest absolute Gasteiger partial charge is 0.322 e. The first-order valence-corrected chi connectivity index (χ1v) is 11.2. The minimum atomic E-state index is -4.23. The molecule has 2 N–H and O–H groups in total. The monoisotopic (exact) mass is 460 g/mol. The van der Waals surface area contributed by atoms with Gasteiger partial charge in [-0.25, -0.2) is 8.42 Å². The van der Waals surface area contributed by atoms with Crippen molar-refractivity contribution in [3.8, 4) is 41.1 Å². The first-order valence-electron chi connectivity index (χ1n) is 9.73. The largest absolute Gasteiger partial charge is 0.497 e. The second-order valence-corrected chi connectivity index (χ2v) is 8.53. The molecular weight excluding hydrogens is 440 g/mol. The summed E-state index contributed by atoms with van der Waals surface area (Å²) in [5, 5.41) is 9.49. The van der Waals surface area contributed by atoms with E-state index in [0.717, 1.165) is 5.56 Å². The Kier molecular flexibility index (Phi) is 7.47. The highest BCUT2D eigenvalue weighted by atomic mass is 32.2. The van der Waals surface area contributed by atoms with Gasteiger partial charge in [0, 0.05) is 29.9 Å². The van der Waals surface area contributed by atoms with Crippen LogP contribution in [0.2, 0.25) is 0 Å². The van der Waals surface area contributed by atoms with Crippen molar-refractivity contribution >= 4 is 16.0 Å². The zero-order chi connectivity index (χ0) is 23.8. The van der Waals surface area contributed by atoms with Crippen LogP contribution in [0, 0.1) is 24.2 Å². The van der Waals surface area contributed by atoms with E-state index in [9.17, 15) is 18.3 Å². The Balaban J connectivity index is 1.84. The van der Waals surface area contributed by atoms with Gasteiger partial charge < -0.3 is 9.84 Å². The average molecular weight is 461 g/mol. The number of aromatic nitrogens is 1. The summed E-state index contributed by atoms with van der Waals surface area (Å²) in [4.78, 5) is 15.4. The minimum Gasteiger partial charge on any atom is -0.497 e. The molecule has 0 saturated carbocycles. The van der Waals surface area contributed by atoms with Crippen molar-refractivity contribution in [2.75, 3.05) is 7.11 Å². The van der Waals surface area contributed by atoms with Crippen molar-refractivity contribution in [2.24, 2.45) is 0 Å². The molecule has 1 aromatic heterocycles. The van der Waals surface area contributed by atoms with Gasteiger partial charge in [-0.1, -0.05) is 36.0 Å². The Labute approximate surface area is 192 Å². The lowest BCUT2D eigenvalue weighted by atomic mass is 10.0. The first-order chi connectivity index (χ1) is 15.8. The third-order valence-corrected chi connectivity index (χ3v) is 6.17. The molecule has 0 spiro atoms. The molecule has 1 atom stereocenters. The van der Waals surface area contributed by atoms with E-state index in [1.807, 2.05) is 12.1 Å². The molecule has 0 aliphatic rings. The molecule has 1 unspecified atom stereocenters. The van der Waals surface area contributed by atoms with Gasteiger partial charge in [0.2, 0.25) is 10.0 Å². The van der Waals surface area contributed by atoms with Crippen molar-refractivity contribution in [1.82, 2.24) is 9.71 Å². The number of carbonyl (C=O) groups is 1. The molecule has 0 aliphatic heterocycles. The number of pyridine rings is 1. The number of methoxy groups -OCH3 is 1. The normalized spacial score (nSPS) is 11.5. The van der Waals surface area contributed by atoms with Crippen molar-refractivity contribution in [3.63, 3.8) is 0 Å². The summed E-state index contributed by atoms with van der Waals surface area (Å²) in [5.41, 5.74) is 2.23. The fourth-order valence-corrected chi connectivity index (χ4v) is 4.30. The van der Waals surface area contributed by atoms with Crippen LogP contribution < -0.4 is 9.46 Å². The summed E-state index contributed by atoms with van der Waals surface area (Å²) in [6, 6.07) is 13.7. The molecule has 1 heterocycles. The van der Waals surface area contributed by atoms with Crippen LogP contribution in [0.15, 0.2) is 71.9 Å². The highest BCUT2D eigenvalue weighted by Gasteiger charge is 2.26. The predicted octanol–water partition coefficient (Wildman–Crippen LogP) is 2.91. The first kappa shape index (κ1) is 23.6. The molecule has 7 nitrogen and oxygen atoms in total. The van der Waals surface area contributed by atoms with Crippen LogP contribution in [0.3, 0.4) is 0 Å². The standard InChI is InChI=1S/C25H20N2O5S/c1-3-19-16-21(20-9-12-22(32-2)13-10-20)11-14-24(19)33(30,31)27-23(25(28)29)8-4-6-18-7-5-15-26-17-18/h1,5,7,9-17,23,27H,8H2,2H3,(H,28,29). The van der Waals surface area contributed by atoms with E-state index in [2.05, 4.69) is 27.5 Å². The van der Waals surface area contributed by atoms with Gasteiger partial charge in [0.15, 0.2) is 0 Å². The Bertz CT molecular complexity index is 1350. The molecule has 3 rings (SSSR count). The SMILES string of the molecule is C#Cc1cc(-c2ccc(OC)cc2)ccc1S(=O)(=O)NC(CC#Cc1cccnc1)C(=O)O. The number of hydrogen-bond acceptors (Lipinski definition) is 5. The maximum atomic E-state index is 12.9. The molecule has 0 amide bonds. The van der Waals surface area contributed by atoms with E-state index in [-0.39, 0.29) is 16.9 Å². The minimum absolute atomic E-state index is 0.112. The number of carboxylic acid groups (broad SMARTS) is 1. The summed E-state index contributed by atoms with van der Waals surface area (Å²) >= 11 is 0. The van der Waals surface area contributed by atoms with Crippen LogP contribution in [-0.2, 0) is 14.8 Å². The van der Waals surface area contributed by atoms with Crippen LogP contribution in [0.4, 0.5) is 0 Å². The highest BCUT2D eigenvalue weighted by molar-refractivity contribution is 7.89. The number of rotatable bonds is 7. The molecule has 2 aromatic carbocycles. The zero-order valence-electron chi connectivity index (χ0n) is 17.6. The molecular formula is C25H20N2O5S. The predicted molar refractivity (Wildman–Crippen MR) is 124 cm³/mol. The number of nitrogens with one attached hydrogen (secondary N) is 1. The number of nitrogens with zero attached hydrogens (tertiary/aromatic N) is 1. The highest BCUT2D eigenvalue weighted by Crippen LogP contribution is 2.26. The number of aliphatic carboxylic acids is 1. The molecule has 8 heteroatoms. The lowest BCUT2D eigenvalue weighted by Crippen LogP contribution is -2.40. The van der Waals surface area contributed by atoms with Gasteiger partial charge >= 0.3 is 5.97 Å². The van der Waals surface area contributed by atoms with Crippen LogP contribution >= 0.6 is 0 Å². The second-order valence-electron chi connectivity index (χ2n) is 6.84. The molecule has 0 fully saturated rings. The zero-order valence-corrected chi connectivity index (χ0v) is 18.5. The van der Waals surface area contributed by atoms with Gasteiger partial charge in [-0.15, -0.1) is 6.42 Å². The molecule has 0 bridgehead atoms. The van der Waals surface area contributed by atoms with Gasteiger partial charge in [0.25, 0.3) is 0 Å². The topological polar surface area (TPSA) is 106 Å². The maximum absolute atomic E-state index is 12.9. The summed E-state index contributed by atoms with van der Waals surface area (Å²) < 4.78 is 33.2. The van der Waals surface area contributed by atoms with Crippen LogP contribution in [0.5, 0.6) is 5.75 Å². The number of carboxylic acids is 1. The average Bonchev–Trinajstić information content (AvgIpc) is 2.83. The van der Waals surface area contributed by atoms with Gasteiger partial charge in [0.1, 0.15) is 11.8 Å². The molecule has 0 radical (unpaired) electrons. The van der Waals surface area contributed by atoms with E-state index in [1.54, 1.807) is 49.7 Å². The van der Waals surface area contributed by atoms with Crippen LogP contribution in [0.1, 0.15) is 17.5 Å². The van der Waals surface area contributed by atoms with Gasteiger partial charge in [0.05, 0.1) is 12.0 Å². The molecule has 166 valence electrons. The Morgan fingerprint density at radius 1 is 1.18 bits per heavy atom. The molecule has 3 aromatic rings. The number of terminal acetylenes is 1. The number of benzene rings is 2. The quantitative estimate of drug-likeness (QED) is 0.525. The Morgan fingerprint density at radius 2 is 1.91 bits per heavy atom. The van der Waals surface area contributed by atoms with E-state index in [0.29, 0.717) is 16.9 Å². The van der Waals surface area contributed by atoms with E-state index in [1.165, 1.54) is 12.3 Å². The third kappa shape index (κ3) is 5.98. The van der Waals surface area contributed by atoms with Gasteiger partial charge in [-0.3, -0.25) is 9.78 Å². The summed E-state index contributed by atoms with van der Waals surface area (Å²) in [6.45, 7) is 0. The molecule has 0 aliphatic carbocycles. The van der Waals surface area contributed by atoms with Gasteiger partial charge in [-0.05, 0) is 47.5 Å². The second kappa shape index (κ2) is 10.5. The van der Waals surface area contributed by atoms with Crippen molar-refractivity contribution in [2.45, 2.75) is 17.4 Å². The number of sulfonamides is 1. The van der Waals surface area contributed by atoms with Crippen LogP contribution in [0.25, 0.3) is 11.1 Å². The summed E-state index contributed by atoms with van der Waals surface area (Å²) in [6.07, 6.45) is 8.44. The van der Waals surface area contributed by atoms with Crippen molar-refractivity contribution in [1.29, 1.82) is 0 Å². The van der Waals surface area contributed by atoms with E-state index >= 15 is 0 Å². The van der Waals surface area contributed by atoms with E-state index in [4.69, 9.17) is 11.2 Å². The van der Waals surface area contributed by atoms with Gasteiger partial charge in [-0.2, -0.15) is 4.72 Å². The lowest BCUT2D eigenvalue weighted by molar-refractivity contribution is -0.138. The third-order valence-electron chi connectivity index (χ3n) is 4.64. The molecule has 0 saturated heterocycles. The van der Waals surface area contributed by atoms with E-state index < -0.39 is 22.0 Å². The summed E-state index contributed by atoms with van der Waals surface area (Å²) in [5.74, 6) is 7.15.